The van der Waals surface area contributed by atoms with E-state index in [9.17, 15) is 13.2 Å². The number of benzene rings is 1. The number of oxazole rings is 1. The molecule has 0 aliphatic carbocycles. The average molecular weight is 442 g/mol. The van der Waals surface area contributed by atoms with Crippen LogP contribution in [0.2, 0.25) is 0 Å². The molecular formula is C21H29F3N4O3. The summed E-state index contributed by atoms with van der Waals surface area (Å²) in [7, 11) is 1.37. The number of nitrogens with zero attached hydrogens (tertiary/aromatic N) is 2. The van der Waals surface area contributed by atoms with Crippen molar-refractivity contribution in [3.8, 4) is 11.5 Å². The zero-order chi connectivity index (χ0) is 23.1. The number of aromatic nitrogens is 1. The largest absolute Gasteiger partial charge is 0.493 e. The van der Waals surface area contributed by atoms with E-state index in [0.29, 0.717) is 24.9 Å². The van der Waals surface area contributed by atoms with E-state index in [1.165, 1.54) is 13.2 Å². The van der Waals surface area contributed by atoms with Gasteiger partial charge in [-0.1, -0.05) is 26.8 Å². The second-order valence-corrected chi connectivity index (χ2v) is 7.81. The number of nitrogens with one attached hydrogen (secondary N) is 2. The van der Waals surface area contributed by atoms with Crippen molar-refractivity contribution in [2.75, 3.05) is 20.3 Å². The number of methoxy groups -OCH3 is 1. The van der Waals surface area contributed by atoms with Crippen LogP contribution >= 0.6 is 0 Å². The molecule has 0 radical (unpaired) electrons. The fourth-order valence-electron chi connectivity index (χ4n) is 2.50. The minimum atomic E-state index is -4.42. The van der Waals surface area contributed by atoms with Crippen LogP contribution in [0.4, 0.5) is 13.2 Å². The Kier molecular flexibility index (Phi) is 8.18. The first kappa shape index (κ1) is 24.4. The third-order valence-electron chi connectivity index (χ3n) is 4.08. The van der Waals surface area contributed by atoms with Crippen molar-refractivity contribution >= 4 is 5.96 Å². The minimum Gasteiger partial charge on any atom is -0.493 e. The highest BCUT2D eigenvalue weighted by Crippen LogP contribution is 2.30. The monoisotopic (exact) mass is 442 g/mol. The topological polar surface area (TPSA) is 80.9 Å². The Hall–Kier alpha value is -2.91. The highest BCUT2D eigenvalue weighted by Gasteiger charge is 2.29. The molecule has 7 nitrogen and oxygen atoms in total. The predicted octanol–water partition coefficient (Wildman–Crippen LogP) is 4.18. The summed E-state index contributed by atoms with van der Waals surface area (Å²) in [5.74, 6) is 2.13. The molecule has 0 spiro atoms. The second-order valence-electron chi connectivity index (χ2n) is 7.81. The molecule has 2 N–H and O–H groups in total. The van der Waals surface area contributed by atoms with Crippen molar-refractivity contribution < 1.29 is 27.1 Å². The molecule has 2 rings (SSSR count). The Balaban J connectivity index is 2.03. The van der Waals surface area contributed by atoms with Gasteiger partial charge in [0.1, 0.15) is 5.76 Å². The summed E-state index contributed by atoms with van der Waals surface area (Å²) in [6.07, 6.45) is -2.70. The summed E-state index contributed by atoms with van der Waals surface area (Å²) in [6.45, 7) is 7.98. The van der Waals surface area contributed by atoms with Crippen LogP contribution < -0.4 is 20.1 Å². The quantitative estimate of drug-likeness (QED) is 0.472. The van der Waals surface area contributed by atoms with Gasteiger partial charge in [-0.05, 0) is 24.6 Å². The first-order valence-corrected chi connectivity index (χ1v) is 9.85. The summed E-state index contributed by atoms with van der Waals surface area (Å²) in [5, 5.41) is 6.28. The van der Waals surface area contributed by atoms with Gasteiger partial charge in [-0.15, -0.1) is 0 Å². The van der Waals surface area contributed by atoms with Crippen LogP contribution in [0.5, 0.6) is 11.5 Å². The van der Waals surface area contributed by atoms with Gasteiger partial charge in [0.2, 0.25) is 5.89 Å². The second kappa shape index (κ2) is 10.4. The van der Waals surface area contributed by atoms with E-state index in [1.54, 1.807) is 18.3 Å². The number of halogens is 3. The molecular weight excluding hydrogens is 413 g/mol. The number of aliphatic imine (C=N–C) groups is 1. The fraction of sp³-hybridized carbons (Fsp3) is 0.524. The van der Waals surface area contributed by atoms with Crippen LogP contribution in [0.3, 0.4) is 0 Å². The molecule has 172 valence electrons. The molecule has 0 aliphatic heterocycles. The van der Waals surface area contributed by atoms with Crippen molar-refractivity contribution in [1.29, 1.82) is 0 Å². The maximum absolute atomic E-state index is 12.4. The Morgan fingerprint density at radius 2 is 1.90 bits per heavy atom. The first-order valence-electron chi connectivity index (χ1n) is 9.85. The highest BCUT2D eigenvalue weighted by atomic mass is 19.4. The molecule has 0 saturated carbocycles. The van der Waals surface area contributed by atoms with Gasteiger partial charge in [-0.3, -0.25) is 0 Å². The van der Waals surface area contributed by atoms with Crippen LogP contribution in [0.15, 0.2) is 33.8 Å². The summed E-state index contributed by atoms with van der Waals surface area (Å²) >= 11 is 0. The van der Waals surface area contributed by atoms with Gasteiger partial charge in [0.25, 0.3) is 0 Å². The lowest BCUT2D eigenvalue weighted by molar-refractivity contribution is -0.153. The van der Waals surface area contributed by atoms with Crippen LogP contribution in [-0.2, 0) is 18.5 Å². The number of guanidine groups is 1. The van der Waals surface area contributed by atoms with Crippen LogP contribution in [0.1, 0.15) is 44.9 Å². The van der Waals surface area contributed by atoms with E-state index in [0.717, 1.165) is 11.3 Å². The van der Waals surface area contributed by atoms with E-state index in [-0.39, 0.29) is 23.5 Å². The minimum absolute atomic E-state index is 0.0242. The van der Waals surface area contributed by atoms with Crippen LogP contribution in [0, 0.1) is 0 Å². The molecule has 1 aromatic carbocycles. The Labute approximate surface area is 180 Å². The third kappa shape index (κ3) is 8.03. The van der Waals surface area contributed by atoms with Gasteiger partial charge in [0.05, 0.1) is 26.4 Å². The van der Waals surface area contributed by atoms with Gasteiger partial charge >= 0.3 is 6.18 Å². The lowest BCUT2D eigenvalue weighted by Crippen LogP contribution is -2.36. The van der Waals surface area contributed by atoms with Gasteiger partial charge in [0.15, 0.2) is 24.1 Å². The predicted molar refractivity (Wildman–Crippen MR) is 111 cm³/mol. The van der Waals surface area contributed by atoms with Crippen molar-refractivity contribution in [3.63, 3.8) is 0 Å². The Morgan fingerprint density at radius 3 is 2.48 bits per heavy atom. The maximum atomic E-state index is 12.4. The van der Waals surface area contributed by atoms with Gasteiger partial charge in [-0.25, -0.2) is 9.98 Å². The number of rotatable bonds is 8. The molecule has 0 atom stereocenters. The maximum Gasteiger partial charge on any atom is 0.422 e. The smallest absolute Gasteiger partial charge is 0.422 e. The van der Waals surface area contributed by atoms with E-state index in [4.69, 9.17) is 13.9 Å². The third-order valence-corrected chi connectivity index (χ3v) is 4.08. The van der Waals surface area contributed by atoms with Crippen LogP contribution in [0.25, 0.3) is 0 Å². The average Bonchev–Trinajstić information content (AvgIpc) is 3.17. The van der Waals surface area contributed by atoms with Crippen LogP contribution in [-0.4, -0.2) is 37.4 Å². The number of hydrogen-bond acceptors (Lipinski definition) is 5. The Morgan fingerprint density at radius 1 is 1.16 bits per heavy atom. The molecule has 0 amide bonds. The van der Waals surface area contributed by atoms with Crippen molar-refractivity contribution in [1.82, 2.24) is 15.6 Å². The lowest BCUT2D eigenvalue weighted by atomic mass is 9.94. The molecule has 0 fully saturated rings. The summed E-state index contributed by atoms with van der Waals surface area (Å²) in [6, 6.07) is 4.68. The molecule has 2 aromatic rings. The summed E-state index contributed by atoms with van der Waals surface area (Å²) in [5.41, 5.74) is 0.623. The number of alkyl halides is 3. The zero-order valence-electron chi connectivity index (χ0n) is 18.4. The molecule has 0 saturated heterocycles. The first-order chi connectivity index (χ1) is 14.5. The van der Waals surface area contributed by atoms with Crippen molar-refractivity contribution in [3.05, 3.63) is 41.6 Å². The molecule has 1 heterocycles. The molecule has 0 unspecified atom stereocenters. The fourth-order valence-corrected chi connectivity index (χ4v) is 2.50. The van der Waals surface area contributed by atoms with E-state index < -0.39 is 12.8 Å². The number of ether oxygens (including phenoxy) is 2. The molecule has 0 bridgehead atoms. The molecule has 10 heteroatoms. The summed E-state index contributed by atoms with van der Waals surface area (Å²) in [4.78, 5) is 8.77. The van der Waals surface area contributed by atoms with E-state index >= 15 is 0 Å². The standard InChI is InChI=1S/C21H29F3N4O3/c1-6-25-19(28-12-18-26-11-17(31-18)20(2,3)4)27-10-14-7-8-15(16(9-14)29-5)30-13-21(22,23)24/h7-9,11H,6,10,12-13H2,1-5H3,(H2,25,27,28). The summed E-state index contributed by atoms with van der Waals surface area (Å²) < 4.78 is 52.9. The Bertz CT molecular complexity index is 873. The van der Waals surface area contributed by atoms with E-state index in [1.807, 2.05) is 27.7 Å². The van der Waals surface area contributed by atoms with E-state index in [2.05, 4.69) is 20.6 Å². The SMILES string of the molecule is CCNC(=NCc1ccc(OCC(F)(F)F)c(OC)c1)NCc1ncc(C(C)(C)C)o1. The lowest BCUT2D eigenvalue weighted by Gasteiger charge is -2.14. The van der Waals surface area contributed by atoms with Gasteiger partial charge in [-0.2, -0.15) is 13.2 Å². The van der Waals surface area contributed by atoms with Crippen molar-refractivity contribution in [2.24, 2.45) is 4.99 Å². The molecule has 31 heavy (non-hydrogen) atoms. The van der Waals surface area contributed by atoms with Gasteiger partial charge < -0.3 is 24.5 Å². The zero-order valence-corrected chi connectivity index (χ0v) is 18.4. The molecule has 0 aliphatic rings. The van der Waals surface area contributed by atoms with Crippen molar-refractivity contribution in [2.45, 2.75) is 52.4 Å². The highest BCUT2D eigenvalue weighted by molar-refractivity contribution is 5.79. The number of hydrogen-bond donors (Lipinski definition) is 2. The normalized spacial score (nSPS) is 12.6. The molecule has 1 aromatic heterocycles. The van der Waals surface area contributed by atoms with Gasteiger partial charge in [0, 0.05) is 12.0 Å².